The van der Waals surface area contributed by atoms with Crippen molar-refractivity contribution < 1.29 is 32.2 Å². The Balaban J connectivity index is 1.72. The molecular weight excluding hydrogens is 470 g/mol. The maximum absolute atomic E-state index is 13.3. The summed E-state index contributed by atoms with van der Waals surface area (Å²) in [4.78, 5) is 24.6. The van der Waals surface area contributed by atoms with Gasteiger partial charge in [0.2, 0.25) is 0 Å². The lowest BCUT2D eigenvalue weighted by atomic mass is 10.1. The Morgan fingerprint density at radius 3 is 2.34 bits per heavy atom. The summed E-state index contributed by atoms with van der Waals surface area (Å²) >= 11 is 0. The van der Waals surface area contributed by atoms with Gasteiger partial charge in [0.25, 0.3) is 10.0 Å². The number of sulfonamides is 1. The van der Waals surface area contributed by atoms with E-state index in [9.17, 15) is 18.0 Å². The molecule has 35 heavy (non-hydrogen) atoms. The Morgan fingerprint density at radius 1 is 1.06 bits per heavy atom. The smallest absolute Gasteiger partial charge is 0.443 e. The number of ether oxygens (including phenoxy) is 3. The third-order valence-corrected chi connectivity index (χ3v) is 6.96. The van der Waals surface area contributed by atoms with Crippen LogP contribution in [0.4, 0.5) is 9.59 Å². The number of aryl methyl sites for hydroxylation is 1. The van der Waals surface area contributed by atoms with Crippen LogP contribution in [0, 0.1) is 6.92 Å². The minimum Gasteiger partial charge on any atom is -0.443 e. The molecule has 0 aromatic heterocycles. The summed E-state index contributed by atoms with van der Waals surface area (Å²) in [5.74, 6) is 0. The van der Waals surface area contributed by atoms with Gasteiger partial charge in [0.1, 0.15) is 11.7 Å². The van der Waals surface area contributed by atoms with Crippen LogP contribution in [0.3, 0.4) is 0 Å². The molecule has 2 atom stereocenters. The molecule has 0 bridgehead atoms. The normalized spacial score (nSPS) is 18.2. The van der Waals surface area contributed by atoms with Crippen LogP contribution in [0.15, 0.2) is 65.6 Å². The zero-order valence-electron chi connectivity index (χ0n) is 20.3. The minimum atomic E-state index is -4.15. The fraction of sp³-hybridized carbons (Fsp3) is 0.385. The molecule has 1 unspecified atom stereocenters. The predicted molar refractivity (Wildman–Crippen MR) is 131 cm³/mol. The van der Waals surface area contributed by atoms with Crippen molar-refractivity contribution in [2.45, 2.75) is 63.2 Å². The summed E-state index contributed by atoms with van der Waals surface area (Å²) in [5, 5.41) is 0. The molecule has 0 saturated carbocycles. The van der Waals surface area contributed by atoms with E-state index in [1.54, 1.807) is 39.0 Å². The van der Waals surface area contributed by atoms with Gasteiger partial charge in [-0.05, 0) is 64.3 Å². The molecule has 3 rings (SSSR count). The lowest BCUT2D eigenvalue weighted by molar-refractivity contribution is 0.0383. The van der Waals surface area contributed by atoms with E-state index in [0.29, 0.717) is 0 Å². The molecule has 2 aromatic carbocycles. The van der Waals surface area contributed by atoms with Crippen molar-refractivity contribution in [3.05, 3.63) is 71.8 Å². The molecule has 0 radical (unpaired) electrons. The molecule has 1 saturated heterocycles. The summed E-state index contributed by atoms with van der Waals surface area (Å²) < 4.78 is 43.2. The van der Waals surface area contributed by atoms with Crippen molar-refractivity contribution >= 4 is 28.3 Å². The van der Waals surface area contributed by atoms with Crippen LogP contribution in [0.5, 0.6) is 0 Å². The van der Waals surface area contributed by atoms with Crippen molar-refractivity contribution in [3.8, 4) is 0 Å². The van der Waals surface area contributed by atoms with Gasteiger partial charge >= 0.3 is 12.2 Å². The number of hydrogen-bond acceptors (Lipinski definition) is 7. The molecule has 8 nitrogen and oxygen atoms in total. The quantitative estimate of drug-likeness (QED) is 0.452. The molecule has 2 aromatic rings. The van der Waals surface area contributed by atoms with Gasteiger partial charge in [-0.1, -0.05) is 54.1 Å². The van der Waals surface area contributed by atoms with Crippen LogP contribution in [-0.4, -0.2) is 49.3 Å². The second-order valence-electron chi connectivity index (χ2n) is 9.27. The molecular formula is C26H31NO7S. The van der Waals surface area contributed by atoms with Gasteiger partial charge in [0.05, 0.1) is 4.90 Å². The summed E-state index contributed by atoms with van der Waals surface area (Å²) in [6, 6.07) is 15.8. The highest BCUT2D eigenvalue weighted by Crippen LogP contribution is 2.24. The van der Waals surface area contributed by atoms with Crippen LogP contribution < -0.4 is 0 Å². The van der Waals surface area contributed by atoms with Crippen molar-refractivity contribution in [1.29, 1.82) is 0 Å². The van der Waals surface area contributed by atoms with Crippen LogP contribution in [0.1, 0.15) is 44.7 Å². The van der Waals surface area contributed by atoms with Crippen LogP contribution in [0.2, 0.25) is 0 Å². The third kappa shape index (κ3) is 7.32. The van der Waals surface area contributed by atoms with Crippen LogP contribution in [-0.2, 0) is 24.2 Å². The number of nitrogens with zero attached hydrogens (tertiary/aromatic N) is 1. The lowest BCUT2D eigenvalue weighted by Gasteiger charge is -2.27. The monoisotopic (exact) mass is 501 g/mol. The Bertz CT molecular complexity index is 1150. The molecule has 1 fully saturated rings. The number of carbonyl (C=O) groups excluding carboxylic acids is 2. The van der Waals surface area contributed by atoms with Gasteiger partial charge in [-0.15, -0.1) is 0 Å². The third-order valence-electron chi connectivity index (χ3n) is 5.18. The Labute approximate surface area is 206 Å². The molecule has 0 spiro atoms. The zero-order valence-corrected chi connectivity index (χ0v) is 21.2. The number of rotatable bonds is 8. The van der Waals surface area contributed by atoms with E-state index in [1.807, 2.05) is 43.3 Å². The summed E-state index contributed by atoms with van der Waals surface area (Å²) in [7, 11) is -4.15. The first kappa shape index (κ1) is 26.3. The molecule has 0 aliphatic carbocycles. The number of hydrogen-bond donors (Lipinski definition) is 0. The summed E-state index contributed by atoms with van der Waals surface area (Å²) in [5.41, 5.74) is 0.959. The first-order chi connectivity index (χ1) is 16.5. The van der Waals surface area contributed by atoms with Crippen molar-refractivity contribution in [2.24, 2.45) is 0 Å². The largest absolute Gasteiger partial charge is 0.509 e. The Morgan fingerprint density at radius 2 is 1.71 bits per heavy atom. The number of cyclic esters (lactones) is 2. The molecule has 188 valence electrons. The zero-order chi connectivity index (χ0) is 25.6. The summed E-state index contributed by atoms with van der Waals surface area (Å²) in [6.45, 7) is 6.70. The van der Waals surface area contributed by atoms with E-state index >= 15 is 0 Å². The summed E-state index contributed by atoms with van der Waals surface area (Å²) in [6.07, 6.45) is 1.12. The van der Waals surface area contributed by atoms with Gasteiger partial charge in [0.15, 0.2) is 6.10 Å². The van der Waals surface area contributed by atoms with Crippen LogP contribution >= 0.6 is 0 Å². The minimum absolute atomic E-state index is 0.00624. The van der Waals surface area contributed by atoms with Gasteiger partial charge in [0, 0.05) is 6.54 Å². The highest BCUT2D eigenvalue weighted by Gasteiger charge is 2.36. The molecule has 1 amide bonds. The van der Waals surface area contributed by atoms with E-state index in [0.717, 1.165) is 15.4 Å². The highest BCUT2D eigenvalue weighted by atomic mass is 32.2. The van der Waals surface area contributed by atoms with Crippen molar-refractivity contribution in [2.75, 3.05) is 6.54 Å². The standard InChI is InChI=1S/C26H31NO7S/c1-19-12-15-21(16-13-19)35(30,31)27(24(28)34-26(2,3)4)18-8-11-22-23(33-25(29)32-22)17-14-20-9-6-5-7-10-20/h5-7,9-10,12-17,22-23H,8,11,18H2,1-4H3/b17-14+/t22-,23?/m1/s1. The Kier molecular flexibility index (Phi) is 8.22. The predicted octanol–water partition coefficient (Wildman–Crippen LogP) is 5.32. The number of carbonyl (C=O) groups is 2. The van der Waals surface area contributed by atoms with Gasteiger partial charge < -0.3 is 14.2 Å². The van der Waals surface area contributed by atoms with Crippen LogP contribution in [0.25, 0.3) is 6.08 Å². The maximum atomic E-state index is 13.3. The molecule has 1 aliphatic heterocycles. The van der Waals surface area contributed by atoms with E-state index in [4.69, 9.17) is 14.2 Å². The van der Waals surface area contributed by atoms with Gasteiger partial charge in [-0.2, -0.15) is 0 Å². The molecule has 9 heteroatoms. The van der Waals surface area contributed by atoms with Gasteiger partial charge in [-0.25, -0.2) is 22.3 Å². The molecule has 0 N–H and O–H groups in total. The first-order valence-corrected chi connectivity index (χ1v) is 12.8. The maximum Gasteiger partial charge on any atom is 0.509 e. The first-order valence-electron chi connectivity index (χ1n) is 11.4. The van der Waals surface area contributed by atoms with Gasteiger partial charge in [-0.3, -0.25) is 0 Å². The second kappa shape index (κ2) is 10.9. The molecule has 1 heterocycles. The van der Waals surface area contributed by atoms with Crippen molar-refractivity contribution in [1.82, 2.24) is 4.31 Å². The van der Waals surface area contributed by atoms with Crippen molar-refractivity contribution in [3.63, 3.8) is 0 Å². The highest BCUT2D eigenvalue weighted by molar-refractivity contribution is 7.89. The molecule has 1 aliphatic rings. The lowest BCUT2D eigenvalue weighted by Crippen LogP contribution is -2.41. The van der Waals surface area contributed by atoms with E-state index in [-0.39, 0.29) is 24.3 Å². The second-order valence-corrected chi connectivity index (χ2v) is 11.1. The average molecular weight is 502 g/mol. The SMILES string of the molecule is Cc1ccc(S(=O)(=O)N(CCC[C@H]2OC(=O)OC2/C=C/c2ccccc2)C(=O)OC(C)(C)C)cc1. The Hall–Kier alpha value is -3.33. The number of amides is 1. The van der Waals surface area contributed by atoms with E-state index in [1.165, 1.54) is 12.1 Å². The van der Waals surface area contributed by atoms with E-state index in [2.05, 4.69) is 0 Å². The van der Waals surface area contributed by atoms with E-state index < -0.39 is 40.1 Å². The fourth-order valence-electron chi connectivity index (χ4n) is 3.46. The number of benzene rings is 2. The fourth-order valence-corrected chi connectivity index (χ4v) is 4.80. The average Bonchev–Trinajstić information content (AvgIpc) is 3.14. The topological polar surface area (TPSA) is 99.2 Å².